The SMILES string of the molecule is CC(C)(C)C1CC(C(C)(C)C)[O][Pb]2([O]1)[O]C(C(C)(C)C)CC(C(C)(C)C)[O]2. The van der Waals surface area contributed by atoms with Gasteiger partial charge in [0.15, 0.2) is 0 Å². The van der Waals surface area contributed by atoms with Crippen molar-refractivity contribution in [2.75, 3.05) is 0 Å². The molecule has 2 heterocycles. The second-order valence-electron chi connectivity index (χ2n) is 12.9. The van der Waals surface area contributed by atoms with Gasteiger partial charge in [-0.3, -0.25) is 0 Å². The van der Waals surface area contributed by atoms with Gasteiger partial charge >= 0.3 is 176 Å². The van der Waals surface area contributed by atoms with E-state index >= 15 is 0 Å². The van der Waals surface area contributed by atoms with Gasteiger partial charge < -0.3 is 0 Å². The van der Waals surface area contributed by atoms with Gasteiger partial charge in [0.2, 0.25) is 0 Å². The molecule has 2 fully saturated rings. The molecular formula is C22H44O4Pb. The molecule has 2 aliphatic rings. The van der Waals surface area contributed by atoms with Crippen molar-refractivity contribution < 1.29 is 10.7 Å². The predicted molar refractivity (Wildman–Crippen MR) is 112 cm³/mol. The molecule has 0 amide bonds. The Labute approximate surface area is 175 Å². The quantitative estimate of drug-likeness (QED) is 0.332. The van der Waals surface area contributed by atoms with E-state index in [0.29, 0.717) is 0 Å². The van der Waals surface area contributed by atoms with Crippen molar-refractivity contribution in [1.82, 2.24) is 0 Å². The van der Waals surface area contributed by atoms with Crippen LogP contribution in [0.4, 0.5) is 0 Å². The Morgan fingerprint density at radius 3 is 0.778 bits per heavy atom. The van der Waals surface area contributed by atoms with Crippen molar-refractivity contribution in [3.8, 4) is 0 Å². The van der Waals surface area contributed by atoms with E-state index < -0.39 is 23.0 Å². The van der Waals surface area contributed by atoms with Crippen molar-refractivity contribution in [3.05, 3.63) is 0 Å². The van der Waals surface area contributed by atoms with Gasteiger partial charge in [0, 0.05) is 0 Å². The predicted octanol–water partition coefficient (Wildman–Crippen LogP) is 5.95. The topological polar surface area (TPSA) is 36.9 Å². The van der Waals surface area contributed by atoms with Crippen LogP contribution in [-0.2, 0) is 10.7 Å². The second-order valence-corrected chi connectivity index (χ2v) is 20.4. The van der Waals surface area contributed by atoms with Gasteiger partial charge in [-0.15, -0.1) is 0 Å². The third-order valence-corrected chi connectivity index (χ3v) is 14.8. The fraction of sp³-hybridized carbons (Fsp3) is 1.00. The van der Waals surface area contributed by atoms with Gasteiger partial charge in [0.05, 0.1) is 0 Å². The maximum absolute atomic E-state index is 6.71. The van der Waals surface area contributed by atoms with Crippen molar-refractivity contribution in [2.24, 2.45) is 21.7 Å². The van der Waals surface area contributed by atoms with E-state index in [4.69, 9.17) is 10.7 Å². The number of hydrogen-bond acceptors (Lipinski definition) is 4. The van der Waals surface area contributed by atoms with Crippen LogP contribution in [0.2, 0.25) is 0 Å². The van der Waals surface area contributed by atoms with Gasteiger partial charge in [-0.2, -0.15) is 0 Å². The molecule has 5 heteroatoms. The minimum absolute atomic E-state index is 0.0267. The van der Waals surface area contributed by atoms with Crippen LogP contribution in [0.25, 0.3) is 0 Å². The molecule has 0 saturated carbocycles. The first-order valence-electron chi connectivity index (χ1n) is 10.5. The standard InChI is InChI=1S/2C11H22O2.Pb/c2*1-10(2,3)8(12)7-9(13)11(4,5)6;/h2*8-9H,7H2,1-6H3;/q2*-2;+4. The Hall–Kier alpha value is 0.762. The number of rotatable bonds is 0. The Morgan fingerprint density at radius 1 is 0.444 bits per heavy atom. The number of hydrogen-bond donors (Lipinski definition) is 0. The zero-order valence-electron chi connectivity index (χ0n) is 19.9. The first-order valence-corrected chi connectivity index (χ1v) is 16.9. The summed E-state index contributed by atoms with van der Waals surface area (Å²) in [6, 6.07) is 0. The van der Waals surface area contributed by atoms with E-state index in [9.17, 15) is 0 Å². The van der Waals surface area contributed by atoms with Crippen LogP contribution in [0.15, 0.2) is 0 Å². The van der Waals surface area contributed by atoms with E-state index in [1.54, 1.807) is 0 Å². The van der Waals surface area contributed by atoms with Crippen LogP contribution in [-0.4, -0.2) is 47.4 Å². The van der Waals surface area contributed by atoms with Crippen LogP contribution in [0, 0.1) is 21.7 Å². The van der Waals surface area contributed by atoms with Gasteiger partial charge in [-0.05, 0) is 0 Å². The summed E-state index contributed by atoms with van der Waals surface area (Å²) in [5.74, 6) is 0. The summed E-state index contributed by atoms with van der Waals surface area (Å²) < 4.78 is 26.8. The third kappa shape index (κ3) is 5.89. The van der Waals surface area contributed by atoms with E-state index in [2.05, 4.69) is 83.1 Å². The van der Waals surface area contributed by atoms with Crippen LogP contribution in [0.1, 0.15) is 95.9 Å². The molecule has 160 valence electrons. The van der Waals surface area contributed by atoms with Crippen molar-refractivity contribution >= 4 is 23.0 Å². The van der Waals surface area contributed by atoms with E-state index in [1.807, 2.05) is 0 Å². The zero-order valence-corrected chi connectivity index (χ0v) is 23.7. The molecule has 0 aliphatic carbocycles. The molecule has 0 aromatic carbocycles. The van der Waals surface area contributed by atoms with Gasteiger partial charge in [-0.25, -0.2) is 0 Å². The summed E-state index contributed by atoms with van der Waals surface area (Å²) in [4.78, 5) is 0. The average Bonchev–Trinajstić information content (AvgIpc) is 2.42. The van der Waals surface area contributed by atoms with E-state index in [0.717, 1.165) is 12.8 Å². The van der Waals surface area contributed by atoms with Gasteiger partial charge in [0.25, 0.3) is 0 Å². The Kier molecular flexibility index (Phi) is 6.65. The van der Waals surface area contributed by atoms with Crippen LogP contribution in [0.3, 0.4) is 0 Å². The molecule has 0 radical (unpaired) electrons. The molecule has 4 nitrogen and oxygen atoms in total. The minimum atomic E-state index is -4.36. The van der Waals surface area contributed by atoms with Crippen LogP contribution < -0.4 is 0 Å². The fourth-order valence-corrected chi connectivity index (χ4v) is 17.3. The van der Waals surface area contributed by atoms with Crippen LogP contribution >= 0.6 is 0 Å². The molecule has 4 unspecified atom stereocenters. The average molecular weight is 580 g/mol. The van der Waals surface area contributed by atoms with Crippen molar-refractivity contribution in [2.45, 2.75) is 120 Å². The molecule has 4 atom stereocenters. The molecular weight excluding hydrogens is 535 g/mol. The second kappa shape index (κ2) is 7.47. The van der Waals surface area contributed by atoms with E-state index in [1.165, 1.54) is 0 Å². The van der Waals surface area contributed by atoms with Gasteiger partial charge in [-0.1, -0.05) is 0 Å². The summed E-state index contributed by atoms with van der Waals surface area (Å²) in [5.41, 5.74) is 0.107. The normalized spacial score (nSPS) is 36.9. The Balaban J connectivity index is 2.45. The monoisotopic (exact) mass is 580 g/mol. The molecule has 2 aliphatic heterocycles. The summed E-state index contributed by atoms with van der Waals surface area (Å²) in [7, 11) is 0. The maximum atomic E-state index is 6.71. The zero-order chi connectivity index (χ0) is 21.1. The summed E-state index contributed by atoms with van der Waals surface area (Å²) in [5, 5.41) is 0. The summed E-state index contributed by atoms with van der Waals surface area (Å²) in [6.07, 6.45) is 2.16. The summed E-state index contributed by atoms with van der Waals surface area (Å²) >= 11 is -4.36. The molecule has 1 spiro atoms. The third-order valence-electron chi connectivity index (χ3n) is 5.87. The molecule has 0 N–H and O–H groups in total. The molecule has 0 aromatic rings. The summed E-state index contributed by atoms with van der Waals surface area (Å²) in [6.45, 7) is 26.9. The van der Waals surface area contributed by atoms with Crippen molar-refractivity contribution in [3.63, 3.8) is 0 Å². The molecule has 2 rings (SSSR count). The molecule has 0 bridgehead atoms. The first kappa shape index (κ1) is 24.0. The van der Waals surface area contributed by atoms with E-state index in [-0.39, 0.29) is 46.1 Å². The van der Waals surface area contributed by atoms with Crippen LogP contribution in [0.5, 0.6) is 0 Å². The Bertz CT molecular complexity index is 423. The fourth-order valence-electron chi connectivity index (χ4n) is 3.57. The molecule has 2 saturated heterocycles. The first-order chi connectivity index (χ1) is 11.8. The molecule has 27 heavy (non-hydrogen) atoms. The Morgan fingerprint density at radius 2 is 0.630 bits per heavy atom. The molecule has 0 aromatic heterocycles. The van der Waals surface area contributed by atoms with Gasteiger partial charge in [0.1, 0.15) is 0 Å². The van der Waals surface area contributed by atoms with Crippen molar-refractivity contribution in [1.29, 1.82) is 0 Å².